The number of rotatable bonds is 6. The lowest BCUT2D eigenvalue weighted by Crippen LogP contribution is -2.51. The van der Waals surface area contributed by atoms with Crippen LogP contribution in [0, 0.1) is 0 Å². The van der Waals surface area contributed by atoms with Crippen LogP contribution < -0.4 is 10.0 Å². The molecule has 20 heavy (non-hydrogen) atoms. The van der Waals surface area contributed by atoms with Gasteiger partial charge in [-0.25, -0.2) is 13.1 Å². The molecule has 0 spiro atoms. The third-order valence-corrected chi connectivity index (χ3v) is 6.62. The molecule has 0 amide bonds. The Morgan fingerprint density at radius 3 is 2.90 bits per heavy atom. The van der Waals surface area contributed by atoms with Gasteiger partial charge >= 0.3 is 0 Å². The molecule has 5 nitrogen and oxygen atoms in total. The van der Waals surface area contributed by atoms with E-state index in [1.54, 1.807) is 6.07 Å². The summed E-state index contributed by atoms with van der Waals surface area (Å²) in [5.41, 5.74) is -0.494. The quantitative estimate of drug-likeness (QED) is 0.831. The van der Waals surface area contributed by atoms with Crippen LogP contribution in [0.25, 0.3) is 0 Å². The molecular formula is C13H22N2O3S2. The van der Waals surface area contributed by atoms with Crippen molar-refractivity contribution in [2.75, 3.05) is 26.8 Å². The molecule has 0 bridgehead atoms. The van der Waals surface area contributed by atoms with Crippen LogP contribution in [0.4, 0.5) is 0 Å². The van der Waals surface area contributed by atoms with Crippen LogP contribution >= 0.6 is 11.3 Å². The summed E-state index contributed by atoms with van der Waals surface area (Å²) in [6, 6.07) is 3.57. The second-order valence-corrected chi connectivity index (χ2v) is 8.47. The zero-order valence-electron chi connectivity index (χ0n) is 11.9. The highest BCUT2D eigenvalue weighted by Gasteiger charge is 2.33. The van der Waals surface area contributed by atoms with Crippen molar-refractivity contribution < 1.29 is 13.2 Å². The zero-order valence-corrected chi connectivity index (χ0v) is 13.6. The minimum atomic E-state index is -3.45. The van der Waals surface area contributed by atoms with Gasteiger partial charge in [-0.15, -0.1) is 11.3 Å². The molecule has 7 heteroatoms. The van der Waals surface area contributed by atoms with Gasteiger partial charge in [0, 0.05) is 11.5 Å². The Labute approximate surface area is 124 Å². The van der Waals surface area contributed by atoms with E-state index in [9.17, 15) is 8.42 Å². The number of ether oxygens (including phenoxy) is 1. The van der Waals surface area contributed by atoms with E-state index in [-0.39, 0.29) is 0 Å². The van der Waals surface area contributed by atoms with Crippen LogP contribution in [0.1, 0.15) is 24.6 Å². The van der Waals surface area contributed by atoms with Crippen LogP contribution in [-0.2, 0) is 21.2 Å². The van der Waals surface area contributed by atoms with E-state index in [4.69, 9.17) is 4.74 Å². The fourth-order valence-electron chi connectivity index (χ4n) is 2.27. The zero-order chi connectivity index (χ0) is 14.6. The molecule has 1 fully saturated rings. The summed E-state index contributed by atoms with van der Waals surface area (Å²) in [6.45, 7) is 3.90. The molecule has 1 aromatic rings. The minimum Gasteiger partial charge on any atom is -0.380 e. The Kier molecular flexibility index (Phi) is 5.19. The summed E-state index contributed by atoms with van der Waals surface area (Å²) in [5.74, 6) is 0. The van der Waals surface area contributed by atoms with Crippen LogP contribution in [0.3, 0.4) is 0 Å². The molecule has 114 valence electrons. The van der Waals surface area contributed by atoms with E-state index < -0.39 is 15.6 Å². The molecule has 0 saturated carbocycles. The molecule has 1 atom stereocenters. The first-order chi connectivity index (χ1) is 9.45. The Bertz CT molecular complexity index is 534. The Hall–Kier alpha value is -0.470. The highest BCUT2D eigenvalue weighted by Crippen LogP contribution is 2.26. The molecule has 1 aliphatic heterocycles. The lowest BCUT2D eigenvalue weighted by Gasteiger charge is -2.33. The van der Waals surface area contributed by atoms with Gasteiger partial charge in [0.05, 0.1) is 12.1 Å². The average Bonchev–Trinajstić information content (AvgIpc) is 2.85. The lowest BCUT2D eigenvalue weighted by atomic mass is 9.97. The van der Waals surface area contributed by atoms with Crippen LogP contribution in [0.5, 0.6) is 0 Å². The maximum atomic E-state index is 12.4. The number of likely N-dealkylation sites (N-methyl/N-ethyl adjacent to an activating group) is 1. The fourth-order valence-corrected chi connectivity index (χ4v) is 5.05. The Balaban J connectivity index is 2.07. The van der Waals surface area contributed by atoms with Gasteiger partial charge in [-0.2, -0.15) is 0 Å². The largest absolute Gasteiger partial charge is 0.380 e. The van der Waals surface area contributed by atoms with Gasteiger partial charge in [-0.3, -0.25) is 0 Å². The smallest absolute Gasteiger partial charge is 0.250 e. The second kappa shape index (κ2) is 6.53. The van der Waals surface area contributed by atoms with Crippen molar-refractivity contribution in [2.24, 2.45) is 0 Å². The SMILES string of the molecule is CNCCc1ccc(S(=O)(=O)NC2(C)CCCOC2)s1. The van der Waals surface area contributed by atoms with Crippen molar-refractivity contribution in [3.63, 3.8) is 0 Å². The minimum absolute atomic E-state index is 0.385. The number of hydrogen-bond acceptors (Lipinski definition) is 5. The van der Waals surface area contributed by atoms with Gasteiger partial charge in [-0.05, 0) is 51.9 Å². The summed E-state index contributed by atoms with van der Waals surface area (Å²) in [7, 11) is -1.57. The number of thiophene rings is 1. The molecular weight excluding hydrogens is 296 g/mol. The highest BCUT2D eigenvalue weighted by atomic mass is 32.2. The average molecular weight is 318 g/mol. The molecule has 2 rings (SSSR count). The van der Waals surface area contributed by atoms with Gasteiger partial charge in [0.15, 0.2) is 0 Å². The molecule has 2 N–H and O–H groups in total. The second-order valence-electron chi connectivity index (χ2n) is 5.40. The fraction of sp³-hybridized carbons (Fsp3) is 0.692. The van der Waals surface area contributed by atoms with E-state index in [1.165, 1.54) is 11.3 Å². The van der Waals surface area contributed by atoms with E-state index >= 15 is 0 Å². The van der Waals surface area contributed by atoms with Crippen LogP contribution in [0.2, 0.25) is 0 Å². The summed E-state index contributed by atoms with van der Waals surface area (Å²) < 4.78 is 33.4. The van der Waals surface area contributed by atoms with E-state index in [0.29, 0.717) is 17.4 Å². The lowest BCUT2D eigenvalue weighted by molar-refractivity contribution is 0.0387. The predicted molar refractivity (Wildman–Crippen MR) is 80.7 cm³/mol. The molecule has 0 radical (unpaired) electrons. The van der Waals surface area contributed by atoms with Crippen LogP contribution in [-0.4, -0.2) is 40.8 Å². The first kappa shape index (κ1) is 15.9. The van der Waals surface area contributed by atoms with E-state index in [1.807, 2.05) is 20.0 Å². The summed E-state index contributed by atoms with van der Waals surface area (Å²) in [5, 5.41) is 3.06. The summed E-state index contributed by atoms with van der Waals surface area (Å²) >= 11 is 1.34. The molecule has 1 saturated heterocycles. The Morgan fingerprint density at radius 1 is 1.45 bits per heavy atom. The maximum Gasteiger partial charge on any atom is 0.250 e. The molecule has 1 aromatic heterocycles. The van der Waals surface area contributed by atoms with Crippen molar-refractivity contribution in [2.45, 2.75) is 35.9 Å². The van der Waals surface area contributed by atoms with Gasteiger partial charge in [0.2, 0.25) is 0 Å². The Morgan fingerprint density at radius 2 is 2.25 bits per heavy atom. The highest BCUT2D eigenvalue weighted by molar-refractivity contribution is 7.91. The maximum absolute atomic E-state index is 12.4. The van der Waals surface area contributed by atoms with Crippen molar-refractivity contribution in [3.8, 4) is 0 Å². The molecule has 1 unspecified atom stereocenters. The third-order valence-electron chi connectivity index (χ3n) is 3.34. The van der Waals surface area contributed by atoms with Crippen molar-refractivity contribution in [1.29, 1.82) is 0 Å². The van der Waals surface area contributed by atoms with Gasteiger partial charge < -0.3 is 10.1 Å². The standard InChI is InChI=1S/C13H22N2O3S2/c1-13(7-3-9-18-10-13)15-20(16,17)12-5-4-11(19-12)6-8-14-2/h4-5,14-15H,3,6-10H2,1-2H3. The third kappa shape index (κ3) is 4.02. The first-order valence-corrected chi connectivity index (χ1v) is 9.10. The van der Waals surface area contributed by atoms with E-state index in [2.05, 4.69) is 10.0 Å². The monoisotopic (exact) mass is 318 g/mol. The topological polar surface area (TPSA) is 67.4 Å². The molecule has 0 aromatic carbocycles. The normalized spacial score (nSPS) is 23.9. The van der Waals surface area contributed by atoms with E-state index in [0.717, 1.165) is 30.7 Å². The van der Waals surface area contributed by atoms with Crippen molar-refractivity contribution in [1.82, 2.24) is 10.0 Å². The predicted octanol–water partition coefficient (Wildman–Crippen LogP) is 1.36. The van der Waals surface area contributed by atoms with Crippen molar-refractivity contribution >= 4 is 21.4 Å². The number of nitrogens with one attached hydrogen (secondary N) is 2. The van der Waals surface area contributed by atoms with Gasteiger partial charge in [-0.1, -0.05) is 0 Å². The first-order valence-electron chi connectivity index (χ1n) is 6.80. The summed E-state index contributed by atoms with van der Waals surface area (Å²) in [6.07, 6.45) is 2.54. The number of sulfonamides is 1. The molecule has 2 heterocycles. The van der Waals surface area contributed by atoms with Crippen LogP contribution in [0.15, 0.2) is 16.3 Å². The number of hydrogen-bond donors (Lipinski definition) is 2. The summed E-state index contributed by atoms with van der Waals surface area (Å²) in [4.78, 5) is 1.07. The molecule has 0 aliphatic carbocycles. The van der Waals surface area contributed by atoms with Gasteiger partial charge in [0.25, 0.3) is 10.0 Å². The molecule has 1 aliphatic rings. The van der Waals surface area contributed by atoms with Crippen molar-refractivity contribution in [3.05, 3.63) is 17.0 Å². The van der Waals surface area contributed by atoms with Gasteiger partial charge in [0.1, 0.15) is 4.21 Å².